The van der Waals surface area contributed by atoms with E-state index in [2.05, 4.69) is 4.98 Å². The largest absolute Gasteiger partial charge is 0.481 e. The fourth-order valence-electron chi connectivity index (χ4n) is 1.36. The van der Waals surface area contributed by atoms with E-state index in [4.69, 9.17) is 9.84 Å². The molecule has 92 valence electrons. The van der Waals surface area contributed by atoms with Crippen LogP contribution < -0.4 is 4.74 Å². The lowest BCUT2D eigenvalue weighted by molar-refractivity contribution is -0.133. The van der Waals surface area contributed by atoms with Crippen LogP contribution in [0.25, 0.3) is 6.08 Å². The highest BCUT2D eigenvalue weighted by Gasteiger charge is 2.23. The minimum Gasteiger partial charge on any atom is -0.481 e. The SMILES string of the molecule is COc1ccc(/C=C(/C(=O)O)C(C)(C)C)cn1. The van der Waals surface area contributed by atoms with Crippen LogP contribution in [-0.4, -0.2) is 23.2 Å². The fourth-order valence-corrected chi connectivity index (χ4v) is 1.36. The fraction of sp³-hybridized carbons (Fsp3) is 0.385. The number of pyridine rings is 1. The zero-order valence-corrected chi connectivity index (χ0v) is 10.5. The van der Waals surface area contributed by atoms with Gasteiger partial charge in [0.25, 0.3) is 0 Å². The maximum absolute atomic E-state index is 11.2. The molecule has 0 bridgehead atoms. The minimum atomic E-state index is -0.909. The molecule has 4 nitrogen and oxygen atoms in total. The Labute approximate surface area is 101 Å². The number of carboxylic acid groups (broad SMARTS) is 1. The highest BCUT2D eigenvalue weighted by atomic mass is 16.5. The van der Waals surface area contributed by atoms with Gasteiger partial charge in [0.15, 0.2) is 0 Å². The van der Waals surface area contributed by atoms with Crippen LogP contribution in [0.4, 0.5) is 0 Å². The second-order valence-electron chi connectivity index (χ2n) is 4.75. The van der Waals surface area contributed by atoms with E-state index in [-0.39, 0.29) is 0 Å². The molecule has 0 unspecified atom stereocenters. The van der Waals surface area contributed by atoms with Crippen LogP contribution in [0.3, 0.4) is 0 Å². The summed E-state index contributed by atoms with van der Waals surface area (Å²) in [5.41, 5.74) is 0.689. The molecule has 0 fully saturated rings. The van der Waals surface area contributed by atoms with E-state index in [1.807, 2.05) is 20.8 Å². The van der Waals surface area contributed by atoms with Gasteiger partial charge < -0.3 is 9.84 Å². The van der Waals surface area contributed by atoms with E-state index < -0.39 is 11.4 Å². The van der Waals surface area contributed by atoms with Gasteiger partial charge >= 0.3 is 5.97 Å². The Morgan fingerprint density at radius 3 is 2.41 bits per heavy atom. The molecule has 1 aromatic rings. The summed E-state index contributed by atoms with van der Waals surface area (Å²) in [5, 5.41) is 9.16. The highest BCUT2D eigenvalue weighted by molar-refractivity contribution is 5.93. The number of aliphatic carboxylic acids is 1. The second kappa shape index (κ2) is 4.99. The molecule has 0 aliphatic heterocycles. The number of carbonyl (C=O) groups is 1. The van der Waals surface area contributed by atoms with Crippen molar-refractivity contribution in [1.29, 1.82) is 0 Å². The van der Waals surface area contributed by atoms with E-state index >= 15 is 0 Å². The van der Waals surface area contributed by atoms with Gasteiger partial charge in [-0.1, -0.05) is 20.8 Å². The van der Waals surface area contributed by atoms with Gasteiger partial charge in [-0.15, -0.1) is 0 Å². The summed E-state index contributed by atoms with van der Waals surface area (Å²) in [6, 6.07) is 3.48. The smallest absolute Gasteiger partial charge is 0.332 e. The summed E-state index contributed by atoms with van der Waals surface area (Å²) in [5.74, 6) is -0.400. The molecule has 4 heteroatoms. The van der Waals surface area contributed by atoms with Crippen molar-refractivity contribution in [2.75, 3.05) is 7.11 Å². The van der Waals surface area contributed by atoms with E-state index in [9.17, 15) is 4.79 Å². The summed E-state index contributed by atoms with van der Waals surface area (Å²) in [6.07, 6.45) is 3.22. The number of ether oxygens (including phenoxy) is 1. The third-order valence-corrected chi connectivity index (χ3v) is 2.32. The van der Waals surface area contributed by atoms with Gasteiger partial charge in [0, 0.05) is 17.8 Å². The highest BCUT2D eigenvalue weighted by Crippen LogP contribution is 2.27. The predicted octanol–water partition coefficient (Wildman–Crippen LogP) is 2.60. The first-order chi connectivity index (χ1) is 7.84. The van der Waals surface area contributed by atoms with Crippen LogP contribution in [0.5, 0.6) is 5.88 Å². The van der Waals surface area contributed by atoms with E-state index in [0.29, 0.717) is 11.5 Å². The van der Waals surface area contributed by atoms with Gasteiger partial charge in [-0.2, -0.15) is 0 Å². The van der Waals surface area contributed by atoms with Crippen molar-refractivity contribution in [2.45, 2.75) is 20.8 Å². The van der Waals surface area contributed by atoms with Crippen LogP contribution in [0.1, 0.15) is 26.3 Å². The van der Waals surface area contributed by atoms with Gasteiger partial charge in [0.2, 0.25) is 5.88 Å². The first-order valence-corrected chi connectivity index (χ1v) is 5.30. The zero-order valence-electron chi connectivity index (χ0n) is 10.5. The Balaban J connectivity index is 3.09. The Morgan fingerprint density at radius 2 is 2.06 bits per heavy atom. The lowest BCUT2D eigenvalue weighted by Crippen LogP contribution is -2.17. The van der Waals surface area contributed by atoms with Crippen molar-refractivity contribution in [3.8, 4) is 5.88 Å². The number of rotatable bonds is 3. The molecule has 1 rings (SSSR count). The summed E-state index contributed by atoms with van der Waals surface area (Å²) >= 11 is 0. The van der Waals surface area contributed by atoms with E-state index in [1.165, 1.54) is 7.11 Å². The first kappa shape index (κ1) is 13.2. The lowest BCUT2D eigenvalue weighted by atomic mass is 9.85. The Bertz CT molecular complexity index is 427. The summed E-state index contributed by atoms with van der Waals surface area (Å²) in [7, 11) is 1.54. The molecular weight excluding hydrogens is 218 g/mol. The summed E-state index contributed by atoms with van der Waals surface area (Å²) < 4.78 is 4.94. The normalized spacial score (nSPS) is 12.4. The molecule has 0 aromatic carbocycles. The molecule has 1 N–H and O–H groups in total. The van der Waals surface area contributed by atoms with E-state index in [0.717, 1.165) is 5.56 Å². The Hall–Kier alpha value is -1.84. The molecule has 0 amide bonds. The number of nitrogens with zero attached hydrogens (tertiary/aromatic N) is 1. The maximum Gasteiger partial charge on any atom is 0.332 e. The van der Waals surface area contributed by atoms with Crippen LogP contribution in [0.2, 0.25) is 0 Å². The van der Waals surface area contributed by atoms with Crippen molar-refractivity contribution in [3.05, 3.63) is 29.5 Å². The quantitative estimate of drug-likeness (QED) is 0.818. The first-order valence-electron chi connectivity index (χ1n) is 5.30. The van der Waals surface area contributed by atoms with Gasteiger partial charge in [-0.25, -0.2) is 9.78 Å². The molecular formula is C13H17NO3. The summed E-state index contributed by atoms with van der Waals surface area (Å²) in [4.78, 5) is 15.2. The van der Waals surface area contributed by atoms with Gasteiger partial charge in [0.1, 0.15) is 0 Å². The van der Waals surface area contributed by atoms with Crippen molar-refractivity contribution < 1.29 is 14.6 Å². The van der Waals surface area contributed by atoms with Gasteiger partial charge in [-0.05, 0) is 23.1 Å². The van der Waals surface area contributed by atoms with E-state index in [1.54, 1.807) is 24.4 Å². The number of aromatic nitrogens is 1. The van der Waals surface area contributed by atoms with Crippen LogP contribution in [0, 0.1) is 5.41 Å². The van der Waals surface area contributed by atoms with Crippen LogP contribution >= 0.6 is 0 Å². The van der Waals surface area contributed by atoms with Crippen molar-refractivity contribution in [3.63, 3.8) is 0 Å². The number of methoxy groups -OCH3 is 1. The standard InChI is InChI=1S/C13H17NO3/c1-13(2,3)10(12(15)16)7-9-5-6-11(17-4)14-8-9/h5-8H,1-4H3,(H,15,16)/b10-7-. The van der Waals surface area contributed by atoms with Crippen LogP contribution in [0.15, 0.2) is 23.9 Å². The summed E-state index contributed by atoms with van der Waals surface area (Å²) in [6.45, 7) is 5.59. The topological polar surface area (TPSA) is 59.4 Å². The molecule has 17 heavy (non-hydrogen) atoms. The Kier molecular flexibility index (Phi) is 3.89. The number of hydrogen-bond donors (Lipinski definition) is 1. The molecule has 0 aliphatic rings. The minimum absolute atomic E-state index is 0.351. The molecule has 0 spiro atoms. The van der Waals surface area contributed by atoms with Crippen molar-refractivity contribution in [2.24, 2.45) is 5.41 Å². The molecule has 1 heterocycles. The molecule has 0 atom stereocenters. The molecule has 0 saturated carbocycles. The lowest BCUT2D eigenvalue weighted by Gasteiger charge is -2.19. The molecule has 0 aliphatic carbocycles. The van der Waals surface area contributed by atoms with Gasteiger partial charge in [0.05, 0.1) is 7.11 Å². The van der Waals surface area contributed by atoms with Crippen molar-refractivity contribution >= 4 is 12.0 Å². The third-order valence-electron chi connectivity index (χ3n) is 2.32. The number of carboxylic acids is 1. The molecule has 0 saturated heterocycles. The van der Waals surface area contributed by atoms with Crippen LogP contribution in [-0.2, 0) is 4.79 Å². The Morgan fingerprint density at radius 1 is 1.41 bits per heavy atom. The molecule has 0 radical (unpaired) electrons. The average Bonchev–Trinajstić information content (AvgIpc) is 2.24. The molecule has 1 aromatic heterocycles. The second-order valence-corrected chi connectivity index (χ2v) is 4.75. The monoisotopic (exact) mass is 235 g/mol. The number of hydrogen-bond acceptors (Lipinski definition) is 3. The zero-order chi connectivity index (χ0) is 13.1. The third kappa shape index (κ3) is 3.59. The average molecular weight is 235 g/mol. The predicted molar refractivity (Wildman–Crippen MR) is 65.9 cm³/mol. The maximum atomic E-state index is 11.2. The van der Waals surface area contributed by atoms with Gasteiger partial charge in [-0.3, -0.25) is 0 Å². The van der Waals surface area contributed by atoms with Crippen molar-refractivity contribution in [1.82, 2.24) is 4.98 Å².